The molecule has 2 bridgehead atoms. The van der Waals surface area contributed by atoms with Crippen molar-refractivity contribution in [1.82, 2.24) is 9.55 Å². The van der Waals surface area contributed by atoms with Gasteiger partial charge in [0, 0.05) is 12.7 Å². The number of fused-ring (bicyclic) bond motifs is 2. The smallest absolute Gasteiger partial charge is 0.313 e. The Morgan fingerprint density at radius 2 is 2.37 bits per heavy atom. The fourth-order valence-corrected chi connectivity index (χ4v) is 4.50. The van der Waals surface area contributed by atoms with Crippen LogP contribution in [0.3, 0.4) is 0 Å². The fraction of sp³-hybridized carbons (Fsp3) is 0.714. The van der Waals surface area contributed by atoms with Gasteiger partial charge < -0.3 is 9.67 Å². The molecular formula is C14H20N2O2S. The molecule has 2 fully saturated rings. The van der Waals surface area contributed by atoms with Crippen molar-refractivity contribution in [1.29, 1.82) is 0 Å². The maximum Gasteiger partial charge on any atom is 0.313 e. The van der Waals surface area contributed by atoms with Crippen molar-refractivity contribution in [3.8, 4) is 0 Å². The van der Waals surface area contributed by atoms with E-state index in [4.69, 9.17) is 5.11 Å². The number of thioether (sulfide) groups is 1. The first-order valence-corrected chi connectivity index (χ1v) is 7.98. The molecule has 0 spiro atoms. The Morgan fingerprint density at radius 1 is 1.53 bits per heavy atom. The van der Waals surface area contributed by atoms with Crippen molar-refractivity contribution in [2.45, 2.75) is 44.3 Å². The van der Waals surface area contributed by atoms with E-state index < -0.39 is 5.97 Å². The Bertz CT molecular complexity index is 486. The normalized spacial score (nSPS) is 29.0. The minimum atomic E-state index is -0.780. The predicted molar refractivity (Wildman–Crippen MR) is 74.3 cm³/mol. The molecule has 0 amide bonds. The summed E-state index contributed by atoms with van der Waals surface area (Å²) in [4.78, 5) is 15.1. The lowest BCUT2D eigenvalue weighted by atomic mass is 9.89. The number of rotatable bonds is 5. The number of aryl methyl sites for hydroxylation is 1. The van der Waals surface area contributed by atoms with Crippen LogP contribution in [0, 0.1) is 24.7 Å². The quantitative estimate of drug-likeness (QED) is 0.843. The van der Waals surface area contributed by atoms with E-state index in [2.05, 4.69) is 15.7 Å². The van der Waals surface area contributed by atoms with Gasteiger partial charge in [-0.2, -0.15) is 0 Å². The summed E-state index contributed by atoms with van der Waals surface area (Å²) in [5.74, 6) is 1.93. The number of aliphatic carboxylic acids is 1. The second-order valence-corrected chi connectivity index (χ2v) is 6.88. The molecule has 3 rings (SSSR count). The van der Waals surface area contributed by atoms with E-state index in [1.54, 1.807) is 0 Å². The third-order valence-electron chi connectivity index (χ3n) is 4.50. The highest BCUT2D eigenvalue weighted by Gasteiger charge is 2.39. The van der Waals surface area contributed by atoms with Crippen LogP contribution in [0.2, 0.25) is 0 Å². The van der Waals surface area contributed by atoms with Crippen LogP contribution in [0.4, 0.5) is 0 Å². The highest BCUT2D eigenvalue weighted by molar-refractivity contribution is 7.99. The third kappa shape index (κ3) is 2.81. The first-order valence-electron chi connectivity index (χ1n) is 7.00. The van der Waals surface area contributed by atoms with Gasteiger partial charge in [-0.1, -0.05) is 18.2 Å². The zero-order chi connectivity index (χ0) is 13.4. The van der Waals surface area contributed by atoms with Gasteiger partial charge in [0.15, 0.2) is 5.16 Å². The Labute approximate surface area is 117 Å². The summed E-state index contributed by atoms with van der Waals surface area (Å²) in [6.45, 7) is 2.99. The van der Waals surface area contributed by atoms with Crippen molar-refractivity contribution < 1.29 is 9.90 Å². The van der Waals surface area contributed by atoms with E-state index in [1.165, 1.54) is 37.4 Å². The molecule has 1 aromatic heterocycles. The van der Waals surface area contributed by atoms with Crippen LogP contribution in [0.25, 0.3) is 0 Å². The summed E-state index contributed by atoms with van der Waals surface area (Å²) in [5.41, 5.74) is 0.982. The third-order valence-corrected chi connectivity index (χ3v) is 5.48. The van der Waals surface area contributed by atoms with E-state index in [-0.39, 0.29) is 5.75 Å². The van der Waals surface area contributed by atoms with Crippen molar-refractivity contribution in [2.24, 2.45) is 17.8 Å². The van der Waals surface area contributed by atoms with E-state index in [0.717, 1.165) is 35.1 Å². The van der Waals surface area contributed by atoms with Gasteiger partial charge in [0.05, 0.1) is 11.4 Å². The van der Waals surface area contributed by atoms with Gasteiger partial charge in [0.1, 0.15) is 0 Å². The van der Waals surface area contributed by atoms with Gasteiger partial charge in [-0.15, -0.1) is 0 Å². The average molecular weight is 280 g/mol. The molecule has 1 heterocycles. The lowest BCUT2D eigenvalue weighted by Gasteiger charge is -2.22. The molecule has 0 aromatic carbocycles. The van der Waals surface area contributed by atoms with Gasteiger partial charge in [0.25, 0.3) is 0 Å². The highest BCUT2D eigenvalue weighted by Crippen LogP contribution is 2.49. The average Bonchev–Trinajstić information content (AvgIpc) is 3.02. The van der Waals surface area contributed by atoms with Crippen LogP contribution in [0.5, 0.6) is 0 Å². The van der Waals surface area contributed by atoms with Crippen LogP contribution < -0.4 is 0 Å². The van der Waals surface area contributed by atoms with Crippen molar-refractivity contribution in [3.63, 3.8) is 0 Å². The van der Waals surface area contributed by atoms with Gasteiger partial charge >= 0.3 is 5.97 Å². The molecule has 5 heteroatoms. The second-order valence-electron chi connectivity index (χ2n) is 5.93. The molecular weight excluding hydrogens is 260 g/mol. The maximum atomic E-state index is 10.7. The lowest BCUT2D eigenvalue weighted by Crippen LogP contribution is -2.17. The first-order chi connectivity index (χ1) is 9.11. The molecule has 0 aliphatic heterocycles. The molecule has 2 saturated carbocycles. The fourth-order valence-electron chi connectivity index (χ4n) is 3.75. The lowest BCUT2D eigenvalue weighted by molar-refractivity contribution is -0.133. The topological polar surface area (TPSA) is 55.1 Å². The number of imidazole rings is 1. The summed E-state index contributed by atoms with van der Waals surface area (Å²) in [5, 5.41) is 9.65. The molecule has 19 heavy (non-hydrogen) atoms. The molecule has 3 unspecified atom stereocenters. The summed E-state index contributed by atoms with van der Waals surface area (Å²) in [7, 11) is 0. The number of nitrogens with zero attached hydrogens (tertiary/aromatic N) is 2. The Kier molecular flexibility index (Phi) is 3.56. The van der Waals surface area contributed by atoms with Crippen molar-refractivity contribution in [2.75, 3.05) is 5.75 Å². The summed E-state index contributed by atoms with van der Waals surface area (Å²) < 4.78 is 2.17. The van der Waals surface area contributed by atoms with Crippen LogP contribution in [-0.4, -0.2) is 26.4 Å². The van der Waals surface area contributed by atoms with Crippen LogP contribution in [-0.2, 0) is 11.3 Å². The number of aromatic nitrogens is 2. The summed E-state index contributed by atoms with van der Waals surface area (Å²) >= 11 is 1.33. The monoisotopic (exact) mass is 280 g/mol. The predicted octanol–water partition coefficient (Wildman–Crippen LogP) is 2.80. The number of hydrogen-bond acceptors (Lipinski definition) is 3. The zero-order valence-electron chi connectivity index (χ0n) is 11.2. The molecule has 2 aliphatic carbocycles. The summed E-state index contributed by atoms with van der Waals surface area (Å²) in [6.07, 6.45) is 7.64. The maximum absolute atomic E-state index is 10.7. The van der Waals surface area contributed by atoms with Crippen LogP contribution >= 0.6 is 11.8 Å². The SMILES string of the molecule is Cc1cn(CC2CC3CCC2C3)c(SCC(=O)O)n1. The van der Waals surface area contributed by atoms with E-state index in [9.17, 15) is 4.79 Å². The van der Waals surface area contributed by atoms with Gasteiger partial charge in [-0.3, -0.25) is 4.79 Å². The highest BCUT2D eigenvalue weighted by atomic mass is 32.2. The number of carboxylic acid groups (broad SMARTS) is 1. The van der Waals surface area contributed by atoms with Gasteiger partial charge in [-0.25, -0.2) is 4.98 Å². The van der Waals surface area contributed by atoms with E-state index in [1.807, 2.05) is 6.92 Å². The first kappa shape index (κ1) is 13.0. The Hall–Kier alpha value is -0.970. The zero-order valence-corrected chi connectivity index (χ0v) is 12.0. The van der Waals surface area contributed by atoms with Crippen LogP contribution in [0.15, 0.2) is 11.4 Å². The molecule has 0 saturated heterocycles. The minimum Gasteiger partial charge on any atom is -0.481 e. The molecule has 1 N–H and O–H groups in total. The standard InChI is InChI=1S/C14H20N2O2S/c1-9-6-16(14(15-9)19-8-13(17)18)7-12-5-10-2-3-11(12)4-10/h6,10-12H,2-5,7-8H2,1H3,(H,17,18). The molecule has 2 aliphatic rings. The molecule has 4 nitrogen and oxygen atoms in total. The number of carbonyl (C=O) groups is 1. The molecule has 3 atom stereocenters. The van der Waals surface area contributed by atoms with Gasteiger partial charge in [0.2, 0.25) is 0 Å². The van der Waals surface area contributed by atoms with Crippen LogP contribution in [0.1, 0.15) is 31.4 Å². The molecule has 1 aromatic rings. The number of hydrogen-bond donors (Lipinski definition) is 1. The van der Waals surface area contributed by atoms with Gasteiger partial charge in [-0.05, 0) is 43.9 Å². The van der Waals surface area contributed by atoms with Crippen molar-refractivity contribution in [3.05, 3.63) is 11.9 Å². The number of carboxylic acids is 1. The largest absolute Gasteiger partial charge is 0.481 e. The molecule has 104 valence electrons. The Morgan fingerprint density at radius 3 is 3.00 bits per heavy atom. The molecule has 0 radical (unpaired) electrons. The minimum absolute atomic E-state index is 0.0904. The van der Waals surface area contributed by atoms with Crippen molar-refractivity contribution >= 4 is 17.7 Å². The van der Waals surface area contributed by atoms with E-state index >= 15 is 0 Å². The summed E-state index contributed by atoms with van der Waals surface area (Å²) in [6, 6.07) is 0. The second kappa shape index (κ2) is 5.19. The van der Waals surface area contributed by atoms with E-state index in [0.29, 0.717) is 0 Å². The Balaban J connectivity index is 1.68.